The highest BCUT2D eigenvalue weighted by Gasteiger charge is 2.44. The van der Waals surface area contributed by atoms with Crippen LogP contribution in [-0.4, -0.2) is 61.0 Å². The van der Waals surface area contributed by atoms with Crippen LogP contribution in [0.5, 0.6) is 0 Å². The summed E-state index contributed by atoms with van der Waals surface area (Å²) in [4.78, 5) is 43.5. The summed E-state index contributed by atoms with van der Waals surface area (Å²) in [6.45, 7) is 0.356. The van der Waals surface area contributed by atoms with Crippen LogP contribution in [0.3, 0.4) is 0 Å². The Morgan fingerprint density at radius 3 is 2.60 bits per heavy atom. The molecule has 1 aliphatic heterocycles. The quantitative estimate of drug-likeness (QED) is 0.232. The first-order valence-electron chi connectivity index (χ1n) is 15.3. The number of carboxylic acid groups (broad SMARTS) is 1. The van der Waals surface area contributed by atoms with Crippen LogP contribution in [-0.2, 0) is 16.6 Å². The average molecular weight is 607 g/mol. The Labute approximate surface area is 259 Å². The van der Waals surface area contributed by atoms with Crippen molar-refractivity contribution in [3.05, 3.63) is 83.8 Å². The predicted octanol–water partition coefficient (Wildman–Crippen LogP) is 5.19. The number of anilines is 1. The lowest BCUT2D eigenvalue weighted by molar-refractivity contribution is -0.122. The SMILES string of the molecule is Cn1c(C(=O)O)cc2cc(NC(=O)[C@@]3(NC(=O)c4ccc5c(C6CCCCC6)n(-c6ccccn6)nc5c4)CCOC3)ccc21. The number of fused-ring (bicyclic) bond motifs is 2. The summed E-state index contributed by atoms with van der Waals surface area (Å²) >= 11 is 0. The molecule has 2 amide bonds. The van der Waals surface area contributed by atoms with Crippen molar-refractivity contribution >= 4 is 45.3 Å². The normalized spacial score (nSPS) is 18.8. The molecule has 0 spiro atoms. The summed E-state index contributed by atoms with van der Waals surface area (Å²) < 4.78 is 9.12. The van der Waals surface area contributed by atoms with E-state index in [9.17, 15) is 19.5 Å². The highest BCUT2D eigenvalue weighted by molar-refractivity contribution is 6.06. The highest BCUT2D eigenvalue weighted by Crippen LogP contribution is 2.38. The lowest BCUT2D eigenvalue weighted by Gasteiger charge is -2.27. The number of carbonyl (C=O) groups excluding carboxylic acids is 2. The first kappa shape index (κ1) is 28.7. The van der Waals surface area contributed by atoms with E-state index in [1.165, 1.54) is 19.3 Å². The largest absolute Gasteiger partial charge is 0.477 e. The van der Waals surface area contributed by atoms with Gasteiger partial charge in [-0.3, -0.25) is 9.59 Å². The number of aromatic nitrogens is 4. The molecule has 7 rings (SSSR count). The fourth-order valence-electron chi connectivity index (χ4n) is 6.74. The van der Waals surface area contributed by atoms with Gasteiger partial charge in [0.2, 0.25) is 0 Å². The number of aromatic carboxylic acids is 1. The van der Waals surface area contributed by atoms with Crippen LogP contribution < -0.4 is 10.6 Å². The van der Waals surface area contributed by atoms with E-state index in [-0.39, 0.29) is 12.3 Å². The standard InChI is InChI=1S/C34H34N6O5/c1-39-27-13-11-24(17-23(27)19-28(39)32(42)43)36-33(44)34(14-16-45-20-34)37-31(41)22-10-12-25-26(18-22)38-40(29-9-5-6-15-35-29)30(25)21-7-3-2-4-8-21/h5-6,9-13,15,17-19,21H,2-4,7-8,14,16,20H2,1H3,(H,36,44)(H,37,41)(H,42,43)/t34-/m1/s1. The number of amides is 2. The smallest absolute Gasteiger partial charge is 0.352 e. The Balaban J connectivity index is 1.16. The van der Waals surface area contributed by atoms with Crippen molar-refractivity contribution in [2.75, 3.05) is 18.5 Å². The summed E-state index contributed by atoms with van der Waals surface area (Å²) in [5.74, 6) is -0.724. The van der Waals surface area contributed by atoms with Gasteiger partial charge in [0.15, 0.2) is 5.82 Å². The molecule has 1 aliphatic carbocycles. The fraction of sp³-hybridized carbons (Fsp3) is 0.324. The Morgan fingerprint density at radius 1 is 1.02 bits per heavy atom. The highest BCUT2D eigenvalue weighted by atomic mass is 16.5. The zero-order valence-corrected chi connectivity index (χ0v) is 25.0. The molecule has 11 heteroatoms. The minimum Gasteiger partial charge on any atom is -0.477 e. The van der Waals surface area contributed by atoms with Gasteiger partial charge >= 0.3 is 5.97 Å². The van der Waals surface area contributed by atoms with Crippen molar-refractivity contribution in [1.29, 1.82) is 0 Å². The van der Waals surface area contributed by atoms with Gasteiger partial charge in [-0.1, -0.05) is 31.4 Å². The maximum Gasteiger partial charge on any atom is 0.352 e. The molecule has 5 aromatic rings. The Bertz CT molecular complexity index is 1930. The van der Waals surface area contributed by atoms with Crippen LogP contribution in [0.2, 0.25) is 0 Å². The Hall–Kier alpha value is -5.03. The van der Waals surface area contributed by atoms with Crippen LogP contribution in [0.15, 0.2) is 66.9 Å². The van der Waals surface area contributed by atoms with Gasteiger partial charge in [-0.05, 0) is 61.4 Å². The number of rotatable bonds is 7. The van der Waals surface area contributed by atoms with Gasteiger partial charge in [-0.15, -0.1) is 0 Å². The Kier molecular flexibility index (Phi) is 7.33. The molecular weight excluding hydrogens is 572 g/mol. The van der Waals surface area contributed by atoms with Crippen molar-refractivity contribution < 1.29 is 24.2 Å². The van der Waals surface area contributed by atoms with Crippen LogP contribution >= 0.6 is 0 Å². The number of nitrogens with one attached hydrogen (secondary N) is 2. The van der Waals surface area contributed by atoms with E-state index >= 15 is 0 Å². The number of ether oxygens (including phenoxy) is 1. The third kappa shape index (κ3) is 5.22. The molecule has 2 aromatic carbocycles. The fourth-order valence-corrected chi connectivity index (χ4v) is 6.74. The summed E-state index contributed by atoms with van der Waals surface area (Å²) in [5.41, 5.74) is 2.32. The van der Waals surface area contributed by atoms with Gasteiger partial charge < -0.3 is 25.0 Å². The Morgan fingerprint density at radius 2 is 1.87 bits per heavy atom. The number of hydrogen-bond acceptors (Lipinski definition) is 6. The molecule has 4 heterocycles. The van der Waals surface area contributed by atoms with Gasteiger partial charge in [0.25, 0.3) is 11.8 Å². The van der Waals surface area contributed by atoms with Crippen molar-refractivity contribution in [3.8, 4) is 5.82 Å². The van der Waals surface area contributed by atoms with E-state index in [4.69, 9.17) is 9.84 Å². The molecule has 2 fully saturated rings. The van der Waals surface area contributed by atoms with Gasteiger partial charge in [0.05, 0.1) is 17.8 Å². The maximum atomic E-state index is 13.7. The van der Waals surface area contributed by atoms with Gasteiger partial charge in [-0.2, -0.15) is 5.10 Å². The topological polar surface area (TPSA) is 140 Å². The maximum absolute atomic E-state index is 13.7. The molecule has 2 aliphatic rings. The lowest BCUT2D eigenvalue weighted by atomic mass is 9.85. The van der Waals surface area contributed by atoms with E-state index < -0.39 is 23.3 Å². The molecule has 1 atom stereocenters. The summed E-state index contributed by atoms with van der Waals surface area (Å²) in [5, 5.41) is 22.0. The third-order valence-electron chi connectivity index (χ3n) is 9.16. The number of carboxylic acids is 1. The monoisotopic (exact) mass is 606 g/mol. The van der Waals surface area contributed by atoms with Crippen LogP contribution in [0, 0.1) is 0 Å². The second-order valence-corrected chi connectivity index (χ2v) is 12.0. The van der Waals surface area contributed by atoms with Crippen LogP contribution in [0.25, 0.3) is 27.6 Å². The van der Waals surface area contributed by atoms with Crippen LogP contribution in [0.1, 0.15) is 71.0 Å². The van der Waals surface area contributed by atoms with Gasteiger partial charge in [0.1, 0.15) is 11.2 Å². The van der Waals surface area contributed by atoms with Crippen molar-refractivity contribution in [2.45, 2.75) is 50.0 Å². The molecule has 0 unspecified atom stereocenters. The molecule has 45 heavy (non-hydrogen) atoms. The van der Waals surface area contributed by atoms with Crippen LogP contribution in [0.4, 0.5) is 5.69 Å². The molecule has 0 bridgehead atoms. The van der Waals surface area contributed by atoms with Crippen molar-refractivity contribution in [3.63, 3.8) is 0 Å². The molecule has 1 saturated heterocycles. The molecule has 0 radical (unpaired) electrons. The van der Waals surface area contributed by atoms with E-state index in [1.54, 1.807) is 54.2 Å². The summed E-state index contributed by atoms with van der Waals surface area (Å²) in [6, 6.07) is 18.0. The molecule has 230 valence electrons. The average Bonchev–Trinajstić information content (AvgIpc) is 3.77. The lowest BCUT2D eigenvalue weighted by Crippen LogP contribution is -2.57. The second kappa shape index (κ2) is 11.5. The first-order chi connectivity index (χ1) is 21.8. The molecule has 1 saturated carbocycles. The molecular formula is C34H34N6O5. The first-order valence-corrected chi connectivity index (χ1v) is 15.3. The van der Waals surface area contributed by atoms with Gasteiger partial charge in [-0.25, -0.2) is 14.5 Å². The van der Waals surface area contributed by atoms with Crippen molar-refractivity contribution in [1.82, 2.24) is 24.6 Å². The molecule has 11 nitrogen and oxygen atoms in total. The van der Waals surface area contributed by atoms with E-state index in [2.05, 4.69) is 15.6 Å². The minimum absolute atomic E-state index is 0.0314. The number of benzene rings is 2. The zero-order chi connectivity index (χ0) is 31.1. The number of nitrogens with zero attached hydrogens (tertiary/aromatic N) is 4. The minimum atomic E-state index is -1.27. The van der Waals surface area contributed by atoms with E-state index in [0.717, 1.165) is 35.3 Å². The predicted molar refractivity (Wildman–Crippen MR) is 169 cm³/mol. The molecule has 3 aromatic heterocycles. The number of aryl methyl sites for hydroxylation is 1. The van der Waals surface area contributed by atoms with E-state index in [1.807, 2.05) is 28.9 Å². The second-order valence-electron chi connectivity index (χ2n) is 12.0. The summed E-state index contributed by atoms with van der Waals surface area (Å²) in [7, 11) is 1.68. The summed E-state index contributed by atoms with van der Waals surface area (Å²) in [6.07, 6.45) is 7.83. The van der Waals surface area contributed by atoms with Gasteiger partial charge in [0, 0.05) is 59.7 Å². The number of hydrogen-bond donors (Lipinski definition) is 3. The number of carbonyl (C=O) groups is 3. The zero-order valence-electron chi connectivity index (χ0n) is 25.0. The number of pyridine rings is 1. The van der Waals surface area contributed by atoms with E-state index in [0.29, 0.717) is 41.1 Å². The third-order valence-corrected chi connectivity index (χ3v) is 9.16. The molecule has 3 N–H and O–H groups in total. The van der Waals surface area contributed by atoms with Crippen molar-refractivity contribution in [2.24, 2.45) is 7.05 Å².